The number of rotatable bonds is 4. The Kier molecular flexibility index (Phi) is 4.17. The molecule has 15 heavy (non-hydrogen) atoms. The van der Waals surface area contributed by atoms with E-state index in [0.29, 0.717) is 0 Å². The smallest absolute Gasteiger partial charge is 0.122 e. The molecule has 0 aromatic heterocycles. The summed E-state index contributed by atoms with van der Waals surface area (Å²) < 4.78 is 6.30. The molecule has 0 aliphatic carbocycles. The van der Waals surface area contributed by atoms with Crippen LogP contribution in [0, 0.1) is 0 Å². The Morgan fingerprint density at radius 2 is 2.07 bits per heavy atom. The van der Waals surface area contributed by atoms with Gasteiger partial charge in [0.2, 0.25) is 0 Å². The molecule has 1 aromatic carbocycles. The highest BCUT2D eigenvalue weighted by Crippen LogP contribution is 2.25. The lowest BCUT2D eigenvalue weighted by atomic mass is 9.98. The molecular formula is C12H17BrO2. The van der Waals surface area contributed by atoms with Crippen molar-refractivity contribution in [3.63, 3.8) is 0 Å². The van der Waals surface area contributed by atoms with Gasteiger partial charge in [0, 0.05) is 4.47 Å². The predicted octanol–water partition coefficient (Wildman–Crippen LogP) is 3.16. The van der Waals surface area contributed by atoms with Crippen LogP contribution in [0.3, 0.4) is 0 Å². The lowest BCUT2D eigenvalue weighted by Crippen LogP contribution is -2.19. The Morgan fingerprint density at radius 3 is 2.60 bits per heavy atom. The monoisotopic (exact) mass is 272 g/mol. The zero-order chi connectivity index (χ0) is 11.5. The van der Waals surface area contributed by atoms with Crippen molar-refractivity contribution < 1.29 is 9.84 Å². The van der Waals surface area contributed by atoms with Gasteiger partial charge in [-0.05, 0) is 50.5 Å². The summed E-state index contributed by atoms with van der Waals surface area (Å²) in [6, 6.07) is 5.92. The molecule has 0 heterocycles. The second kappa shape index (κ2) is 4.99. The van der Waals surface area contributed by atoms with E-state index in [2.05, 4.69) is 15.9 Å². The van der Waals surface area contributed by atoms with Crippen molar-refractivity contribution in [1.29, 1.82) is 0 Å². The Hall–Kier alpha value is -0.540. The molecule has 1 N–H and O–H groups in total. The Balaban J connectivity index is 2.79. The number of halogens is 1. The van der Waals surface area contributed by atoms with Crippen molar-refractivity contribution in [2.24, 2.45) is 0 Å². The quantitative estimate of drug-likeness (QED) is 0.913. The summed E-state index contributed by atoms with van der Waals surface area (Å²) in [5.74, 6) is 0.877. The fourth-order valence-corrected chi connectivity index (χ4v) is 1.79. The summed E-state index contributed by atoms with van der Waals surface area (Å²) in [7, 11) is 1.66. The molecule has 0 amide bonds. The van der Waals surface area contributed by atoms with Gasteiger partial charge in [0.15, 0.2) is 0 Å². The third kappa shape index (κ3) is 4.22. The number of aliphatic hydroxyl groups is 1. The highest BCUT2D eigenvalue weighted by molar-refractivity contribution is 9.10. The fourth-order valence-electron chi connectivity index (χ4n) is 1.38. The molecule has 3 heteroatoms. The highest BCUT2D eigenvalue weighted by Gasteiger charge is 2.14. The third-order valence-electron chi connectivity index (χ3n) is 2.25. The van der Waals surface area contributed by atoms with Crippen LogP contribution in [0.4, 0.5) is 0 Å². The Bertz CT molecular complexity index is 329. The van der Waals surface area contributed by atoms with E-state index in [1.807, 2.05) is 32.0 Å². The molecule has 2 nitrogen and oxygen atoms in total. The summed E-state index contributed by atoms with van der Waals surface area (Å²) in [6.45, 7) is 3.63. The summed E-state index contributed by atoms with van der Waals surface area (Å²) in [6.07, 6.45) is 1.53. The minimum absolute atomic E-state index is 0.632. The van der Waals surface area contributed by atoms with Crippen LogP contribution < -0.4 is 4.74 Å². The van der Waals surface area contributed by atoms with Gasteiger partial charge < -0.3 is 9.84 Å². The van der Waals surface area contributed by atoms with E-state index < -0.39 is 5.60 Å². The summed E-state index contributed by atoms with van der Waals surface area (Å²) in [5, 5.41) is 9.66. The average molecular weight is 273 g/mol. The maximum atomic E-state index is 9.66. The van der Waals surface area contributed by atoms with Gasteiger partial charge in [-0.3, -0.25) is 0 Å². The Labute approximate surface area is 99.4 Å². The van der Waals surface area contributed by atoms with E-state index in [4.69, 9.17) is 4.74 Å². The second-order valence-corrected chi connectivity index (χ2v) is 5.18. The molecule has 0 unspecified atom stereocenters. The van der Waals surface area contributed by atoms with Crippen molar-refractivity contribution in [3.05, 3.63) is 28.2 Å². The fraction of sp³-hybridized carbons (Fsp3) is 0.500. The molecule has 1 rings (SSSR count). The SMILES string of the molecule is COc1ccc(Br)cc1CCC(C)(C)O. The molecule has 0 aliphatic rings. The van der Waals surface area contributed by atoms with Crippen LogP contribution in [-0.4, -0.2) is 17.8 Å². The zero-order valence-electron chi connectivity index (χ0n) is 9.38. The van der Waals surface area contributed by atoms with E-state index in [1.54, 1.807) is 7.11 Å². The van der Waals surface area contributed by atoms with E-state index in [-0.39, 0.29) is 0 Å². The number of benzene rings is 1. The first-order valence-corrected chi connectivity index (χ1v) is 5.76. The molecule has 0 spiro atoms. The van der Waals surface area contributed by atoms with Crippen LogP contribution >= 0.6 is 15.9 Å². The maximum Gasteiger partial charge on any atom is 0.122 e. The second-order valence-electron chi connectivity index (χ2n) is 4.27. The number of hydrogen-bond acceptors (Lipinski definition) is 2. The van der Waals surface area contributed by atoms with E-state index in [1.165, 1.54) is 0 Å². The van der Waals surface area contributed by atoms with Gasteiger partial charge >= 0.3 is 0 Å². The van der Waals surface area contributed by atoms with Gasteiger partial charge in [-0.2, -0.15) is 0 Å². The summed E-state index contributed by atoms with van der Waals surface area (Å²) in [5.41, 5.74) is 0.488. The molecule has 0 atom stereocenters. The number of methoxy groups -OCH3 is 1. The lowest BCUT2D eigenvalue weighted by molar-refractivity contribution is 0.0712. The standard InChI is InChI=1S/C12H17BrO2/c1-12(2,14)7-6-9-8-10(13)4-5-11(9)15-3/h4-5,8,14H,6-7H2,1-3H3. The number of ether oxygens (including phenoxy) is 1. The van der Waals surface area contributed by atoms with Crippen LogP contribution in [0.2, 0.25) is 0 Å². The topological polar surface area (TPSA) is 29.5 Å². The van der Waals surface area contributed by atoms with Crippen molar-refractivity contribution in [3.8, 4) is 5.75 Å². The van der Waals surface area contributed by atoms with Gasteiger partial charge in [-0.1, -0.05) is 15.9 Å². The van der Waals surface area contributed by atoms with Gasteiger partial charge in [-0.15, -0.1) is 0 Å². The van der Waals surface area contributed by atoms with E-state index >= 15 is 0 Å². The molecule has 0 radical (unpaired) electrons. The first-order chi connectivity index (χ1) is 6.92. The third-order valence-corrected chi connectivity index (χ3v) is 2.74. The van der Waals surface area contributed by atoms with Crippen molar-refractivity contribution in [2.45, 2.75) is 32.3 Å². The minimum Gasteiger partial charge on any atom is -0.496 e. The number of hydrogen-bond donors (Lipinski definition) is 1. The predicted molar refractivity (Wildman–Crippen MR) is 65.3 cm³/mol. The molecule has 0 fully saturated rings. The molecule has 0 aliphatic heterocycles. The van der Waals surface area contributed by atoms with Crippen LogP contribution in [0.15, 0.2) is 22.7 Å². The normalized spacial score (nSPS) is 11.5. The number of aryl methyl sites for hydroxylation is 1. The molecular weight excluding hydrogens is 256 g/mol. The molecule has 0 bridgehead atoms. The molecule has 0 saturated heterocycles. The highest BCUT2D eigenvalue weighted by atomic mass is 79.9. The first kappa shape index (κ1) is 12.5. The molecule has 84 valence electrons. The largest absolute Gasteiger partial charge is 0.496 e. The Morgan fingerprint density at radius 1 is 1.40 bits per heavy atom. The van der Waals surface area contributed by atoms with Crippen LogP contribution in [0.25, 0.3) is 0 Å². The first-order valence-electron chi connectivity index (χ1n) is 4.97. The van der Waals surface area contributed by atoms with Gasteiger partial charge in [0.25, 0.3) is 0 Å². The van der Waals surface area contributed by atoms with Crippen molar-refractivity contribution in [1.82, 2.24) is 0 Å². The van der Waals surface area contributed by atoms with Crippen LogP contribution in [-0.2, 0) is 6.42 Å². The van der Waals surface area contributed by atoms with Gasteiger partial charge in [0.05, 0.1) is 12.7 Å². The minimum atomic E-state index is -0.632. The lowest BCUT2D eigenvalue weighted by Gasteiger charge is -2.17. The van der Waals surface area contributed by atoms with Crippen molar-refractivity contribution in [2.75, 3.05) is 7.11 Å². The maximum absolute atomic E-state index is 9.66. The molecule has 1 aromatic rings. The molecule has 0 saturated carbocycles. The van der Waals surface area contributed by atoms with Crippen molar-refractivity contribution >= 4 is 15.9 Å². The van der Waals surface area contributed by atoms with E-state index in [0.717, 1.165) is 28.6 Å². The van der Waals surface area contributed by atoms with E-state index in [9.17, 15) is 5.11 Å². The van der Waals surface area contributed by atoms with Crippen LogP contribution in [0.5, 0.6) is 5.75 Å². The zero-order valence-corrected chi connectivity index (χ0v) is 11.0. The van der Waals surface area contributed by atoms with Gasteiger partial charge in [-0.25, -0.2) is 0 Å². The van der Waals surface area contributed by atoms with Crippen LogP contribution in [0.1, 0.15) is 25.8 Å². The average Bonchev–Trinajstić information content (AvgIpc) is 2.14. The van der Waals surface area contributed by atoms with Gasteiger partial charge in [0.1, 0.15) is 5.75 Å². The summed E-state index contributed by atoms with van der Waals surface area (Å²) >= 11 is 3.43. The summed E-state index contributed by atoms with van der Waals surface area (Å²) in [4.78, 5) is 0.